The molecule has 2 aromatic heterocycles. The van der Waals surface area contributed by atoms with E-state index in [1.807, 2.05) is 13.8 Å². The molecule has 1 atom stereocenters. The van der Waals surface area contributed by atoms with Crippen LogP contribution in [-0.2, 0) is 23.0 Å². The Morgan fingerprint density at radius 3 is 2.67 bits per heavy atom. The van der Waals surface area contributed by atoms with Crippen molar-refractivity contribution in [1.82, 2.24) is 19.3 Å². The van der Waals surface area contributed by atoms with Crippen LogP contribution < -0.4 is 15.0 Å². The molecule has 0 radical (unpaired) electrons. The number of fused-ring (bicyclic) bond motifs is 2. The van der Waals surface area contributed by atoms with Gasteiger partial charge in [0.1, 0.15) is 17.1 Å². The molecular formula is C27H32F2N6O3S. The van der Waals surface area contributed by atoms with Crippen LogP contribution in [0.4, 0.5) is 26.2 Å². The Balaban J connectivity index is 1.45. The molecule has 0 saturated carbocycles. The number of halogens is 2. The summed E-state index contributed by atoms with van der Waals surface area (Å²) in [6.07, 6.45) is 3.54. The number of hydrogen-bond donors (Lipinski definition) is 1. The van der Waals surface area contributed by atoms with E-state index < -0.39 is 27.3 Å². The summed E-state index contributed by atoms with van der Waals surface area (Å²) in [6.45, 7) is 9.12. The number of aromatic nitrogens is 3. The van der Waals surface area contributed by atoms with Gasteiger partial charge in [0.2, 0.25) is 16.0 Å². The molecule has 2 aliphatic rings. The van der Waals surface area contributed by atoms with Crippen molar-refractivity contribution in [3.8, 4) is 17.0 Å². The number of benzene rings is 1. The summed E-state index contributed by atoms with van der Waals surface area (Å²) < 4.78 is 61.5. The van der Waals surface area contributed by atoms with Crippen LogP contribution in [0.2, 0.25) is 0 Å². The van der Waals surface area contributed by atoms with Gasteiger partial charge in [0, 0.05) is 36.8 Å². The first kappa shape index (κ1) is 27.2. The number of rotatable bonds is 6. The highest BCUT2D eigenvalue weighted by Gasteiger charge is 2.36. The van der Waals surface area contributed by atoms with E-state index in [1.54, 1.807) is 18.2 Å². The zero-order valence-corrected chi connectivity index (χ0v) is 23.4. The van der Waals surface area contributed by atoms with E-state index in [0.29, 0.717) is 31.0 Å². The lowest BCUT2D eigenvalue weighted by molar-refractivity contribution is 0.0960. The van der Waals surface area contributed by atoms with Crippen LogP contribution in [0.3, 0.4) is 0 Å². The normalized spacial score (nSPS) is 17.7. The van der Waals surface area contributed by atoms with Gasteiger partial charge in [-0.2, -0.15) is 4.31 Å². The van der Waals surface area contributed by atoms with Gasteiger partial charge in [-0.25, -0.2) is 32.2 Å². The molecule has 208 valence electrons. The maximum Gasteiger partial charge on any atom is 0.229 e. The monoisotopic (exact) mass is 558 g/mol. The Kier molecular flexibility index (Phi) is 6.96. The third kappa shape index (κ3) is 5.53. The van der Waals surface area contributed by atoms with Crippen LogP contribution in [0.25, 0.3) is 11.3 Å². The standard InChI is InChI=1S/C27H32F2N6O3S/c1-6-16(2)35-15-27(3,4)38-25-19(28)11-18(12-22(25)35)24-20(29)13-30-26(33-24)32-23-8-7-17-14-34(39(5,36)37)10-9-21(17)31-23/h7-8,11-13,16H,6,9-10,14-15H2,1-5H3,(H,30,31,32,33). The predicted molar refractivity (Wildman–Crippen MR) is 146 cm³/mol. The van der Waals surface area contributed by atoms with Crippen molar-refractivity contribution < 1.29 is 21.9 Å². The highest BCUT2D eigenvalue weighted by molar-refractivity contribution is 7.88. The second-order valence-corrected chi connectivity index (χ2v) is 12.7. The van der Waals surface area contributed by atoms with E-state index in [1.165, 1.54) is 16.6 Å². The van der Waals surface area contributed by atoms with E-state index in [2.05, 4.69) is 39.0 Å². The first-order chi connectivity index (χ1) is 18.3. The fourth-order valence-electron chi connectivity index (χ4n) is 4.93. The predicted octanol–water partition coefficient (Wildman–Crippen LogP) is 4.65. The number of pyridine rings is 1. The summed E-state index contributed by atoms with van der Waals surface area (Å²) in [5, 5.41) is 3.00. The zero-order valence-electron chi connectivity index (χ0n) is 22.6. The van der Waals surface area contributed by atoms with Gasteiger partial charge < -0.3 is 15.0 Å². The maximum absolute atomic E-state index is 15.4. The Morgan fingerprint density at radius 2 is 1.95 bits per heavy atom. The van der Waals surface area contributed by atoms with E-state index in [-0.39, 0.29) is 35.5 Å². The lowest BCUT2D eigenvalue weighted by Crippen LogP contribution is -2.50. The molecule has 0 fully saturated rings. The highest BCUT2D eigenvalue weighted by atomic mass is 32.2. The lowest BCUT2D eigenvalue weighted by Gasteiger charge is -2.44. The number of sulfonamides is 1. The van der Waals surface area contributed by atoms with Gasteiger partial charge >= 0.3 is 0 Å². The average molecular weight is 559 g/mol. The van der Waals surface area contributed by atoms with Crippen LogP contribution in [0.5, 0.6) is 5.75 Å². The molecule has 0 saturated heterocycles. The molecule has 0 bridgehead atoms. The molecule has 39 heavy (non-hydrogen) atoms. The van der Waals surface area contributed by atoms with E-state index in [4.69, 9.17) is 4.74 Å². The van der Waals surface area contributed by atoms with E-state index >= 15 is 4.39 Å². The molecule has 1 N–H and O–H groups in total. The Labute approximate surface area is 227 Å². The van der Waals surface area contributed by atoms with Gasteiger partial charge in [0.05, 0.1) is 24.7 Å². The molecule has 3 aromatic rings. The lowest BCUT2D eigenvalue weighted by atomic mass is 10.00. The molecule has 1 aromatic carbocycles. The number of nitrogens with one attached hydrogen (secondary N) is 1. The minimum Gasteiger partial charge on any atom is -0.481 e. The van der Waals surface area contributed by atoms with Crippen LogP contribution in [0, 0.1) is 11.6 Å². The van der Waals surface area contributed by atoms with Crippen molar-refractivity contribution in [2.75, 3.05) is 29.6 Å². The van der Waals surface area contributed by atoms with Crippen molar-refractivity contribution in [3.63, 3.8) is 0 Å². The highest BCUT2D eigenvalue weighted by Crippen LogP contribution is 2.43. The molecule has 12 heteroatoms. The van der Waals surface area contributed by atoms with Crippen LogP contribution in [0.15, 0.2) is 30.5 Å². The topological polar surface area (TPSA) is 101 Å². The second-order valence-electron chi connectivity index (χ2n) is 10.7. The van der Waals surface area contributed by atoms with Gasteiger partial charge in [-0.3, -0.25) is 0 Å². The molecule has 2 aliphatic heterocycles. The van der Waals surface area contributed by atoms with Crippen LogP contribution in [0.1, 0.15) is 45.4 Å². The second kappa shape index (κ2) is 9.98. The molecule has 4 heterocycles. The van der Waals surface area contributed by atoms with Gasteiger partial charge in [-0.1, -0.05) is 13.0 Å². The number of hydrogen-bond acceptors (Lipinski definition) is 8. The summed E-state index contributed by atoms with van der Waals surface area (Å²) >= 11 is 0. The summed E-state index contributed by atoms with van der Waals surface area (Å²) in [7, 11) is -3.29. The number of nitrogens with zero attached hydrogens (tertiary/aromatic N) is 5. The summed E-state index contributed by atoms with van der Waals surface area (Å²) in [5.41, 5.74) is 1.78. The van der Waals surface area contributed by atoms with Gasteiger partial charge in [-0.15, -0.1) is 0 Å². The van der Waals surface area contributed by atoms with Crippen molar-refractivity contribution in [1.29, 1.82) is 0 Å². The Hall–Kier alpha value is -3.38. The Morgan fingerprint density at radius 1 is 1.18 bits per heavy atom. The SMILES string of the molecule is CCC(C)N1CC(C)(C)Oc2c(F)cc(-c3nc(Nc4ccc5c(n4)CCN(S(C)(=O)=O)C5)ncc3F)cc21. The third-order valence-corrected chi connectivity index (χ3v) is 8.38. The summed E-state index contributed by atoms with van der Waals surface area (Å²) in [4.78, 5) is 15.1. The molecule has 9 nitrogen and oxygen atoms in total. The summed E-state index contributed by atoms with van der Waals surface area (Å²) in [5.74, 6) is -0.589. The fourth-order valence-corrected chi connectivity index (χ4v) is 5.73. The quantitative estimate of drug-likeness (QED) is 0.467. The smallest absolute Gasteiger partial charge is 0.229 e. The minimum absolute atomic E-state index is 0.0510. The van der Waals surface area contributed by atoms with Crippen LogP contribution >= 0.6 is 0 Å². The van der Waals surface area contributed by atoms with Crippen LogP contribution in [-0.4, -0.2) is 58.7 Å². The molecule has 0 spiro atoms. The van der Waals surface area contributed by atoms with E-state index in [0.717, 1.165) is 23.9 Å². The summed E-state index contributed by atoms with van der Waals surface area (Å²) in [6, 6.07) is 6.55. The first-order valence-electron chi connectivity index (χ1n) is 12.9. The largest absolute Gasteiger partial charge is 0.481 e. The maximum atomic E-state index is 15.4. The van der Waals surface area contributed by atoms with Crippen molar-refractivity contribution in [2.24, 2.45) is 0 Å². The number of ether oxygens (including phenoxy) is 1. The Bertz CT molecular complexity index is 1530. The zero-order chi connectivity index (χ0) is 28.1. The molecule has 1 unspecified atom stereocenters. The van der Waals surface area contributed by atoms with Gasteiger partial charge in [0.25, 0.3) is 0 Å². The molecular weight excluding hydrogens is 526 g/mol. The molecule has 0 amide bonds. The fraction of sp³-hybridized carbons (Fsp3) is 0.444. The third-order valence-electron chi connectivity index (χ3n) is 7.13. The van der Waals surface area contributed by atoms with Gasteiger partial charge in [-0.05, 0) is 51.0 Å². The van der Waals surface area contributed by atoms with Crippen molar-refractivity contribution >= 4 is 27.5 Å². The number of anilines is 3. The first-order valence-corrected chi connectivity index (χ1v) is 14.7. The molecule has 5 rings (SSSR count). The van der Waals surface area contributed by atoms with Gasteiger partial charge in [0.15, 0.2) is 17.4 Å². The van der Waals surface area contributed by atoms with E-state index in [9.17, 15) is 12.8 Å². The minimum atomic E-state index is -3.29. The molecule has 0 aliphatic carbocycles. The van der Waals surface area contributed by atoms with Crippen molar-refractivity contribution in [3.05, 3.63) is 53.4 Å². The van der Waals surface area contributed by atoms with Crippen molar-refractivity contribution in [2.45, 2.75) is 58.7 Å². The average Bonchev–Trinajstić information content (AvgIpc) is 2.88.